The van der Waals surface area contributed by atoms with Crippen LogP contribution in [-0.4, -0.2) is 32.8 Å². The van der Waals surface area contributed by atoms with Crippen molar-refractivity contribution in [2.24, 2.45) is 5.92 Å². The summed E-state index contributed by atoms with van der Waals surface area (Å²) in [7, 11) is 1.80. The summed E-state index contributed by atoms with van der Waals surface area (Å²) >= 11 is 6.49. The second-order valence-electron chi connectivity index (χ2n) is 5.95. The molecule has 1 aliphatic rings. The third-order valence-corrected chi connectivity index (χ3v) is 4.60. The second-order valence-corrected chi connectivity index (χ2v) is 6.36. The number of piperidine rings is 1. The normalized spacial score (nSPS) is 22.6. The lowest BCUT2D eigenvalue weighted by Gasteiger charge is -2.38. The summed E-state index contributed by atoms with van der Waals surface area (Å²) < 4.78 is 5.59. The van der Waals surface area contributed by atoms with Crippen LogP contribution in [0.3, 0.4) is 0 Å². The number of hydrogen-bond acceptors (Lipinski definition) is 3. The number of methoxy groups -OCH3 is 1. The lowest BCUT2D eigenvalue weighted by Crippen LogP contribution is -2.44. The maximum absolute atomic E-state index is 6.49. The van der Waals surface area contributed by atoms with Gasteiger partial charge in [0.05, 0.1) is 16.8 Å². The van der Waals surface area contributed by atoms with Gasteiger partial charge < -0.3 is 15.0 Å². The first kappa shape index (κ1) is 16.6. The fourth-order valence-electron chi connectivity index (χ4n) is 2.89. The molecule has 2 rings (SSSR count). The molecule has 1 saturated heterocycles. The lowest BCUT2D eigenvalue weighted by atomic mass is 9.95. The molecule has 1 aromatic rings. The molecule has 0 aliphatic carbocycles. The van der Waals surface area contributed by atoms with Gasteiger partial charge in [-0.3, -0.25) is 0 Å². The number of anilines is 1. The Bertz CT molecular complexity index is 452. The minimum Gasteiger partial charge on any atom is -0.379 e. The summed E-state index contributed by atoms with van der Waals surface area (Å²) in [4.78, 5) is 2.35. The molecule has 2 atom stereocenters. The highest BCUT2D eigenvalue weighted by molar-refractivity contribution is 6.33. The molecular formula is C17H27ClN2O. The maximum Gasteiger partial charge on any atom is 0.0772 e. The quantitative estimate of drug-likeness (QED) is 0.811. The highest BCUT2D eigenvalue weighted by Gasteiger charge is 2.27. The van der Waals surface area contributed by atoms with Gasteiger partial charge in [0.15, 0.2) is 0 Å². The molecule has 0 amide bonds. The van der Waals surface area contributed by atoms with Crippen molar-refractivity contribution in [2.45, 2.75) is 39.3 Å². The van der Waals surface area contributed by atoms with E-state index in [2.05, 4.69) is 42.3 Å². The first-order valence-electron chi connectivity index (χ1n) is 7.92. The Labute approximate surface area is 133 Å². The van der Waals surface area contributed by atoms with Crippen LogP contribution in [0.4, 0.5) is 5.69 Å². The van der Waals surface area contributed by atoms with Gasteiger partial charge in [0.25, 0.3) is 0 Å². The summed E-state index contributed by atoms with van der Waals surface area (Å²) in [5.74, 6) is 0.613. The molecule has 3 nitrogen and oxygen atoms in total. The van der Waals surface area contributed by atoms with Gasteiger partial charge in [-0.2, -0.15) is 0 Å². The minimum atomic E-state index is 0.292. The Kier molecular flexibility index (Phi) is 6.34. The zero-order valence-electron chi connectivity index (χ0n) is 13.4. The molecule has 118 valence electrons. The van der Waals surface area contributed by atoms with Gasteiger partial charge in [-0.05, 0) is 43.0 Å². The van der Waals surface area contributed by atoms with Crippen molar-refractivity contribution in [2.75, 3.05) is 31.6 Å². The number of rotatable bonds is 6. The van der Waals surface area contributed by atoms with Gasteiger partial charge in [0, 0.05) is 26.7 Å². The first-order chi connectivity index (χ1) is 10.2. The van der Waals surface area contributed by atoms with Crippen molar-refractivity contribution < 1.29 is 4.74 Å². The number of hydrogen-bond donors (Lipinski definition) is 1. The fraction of sp³-hybridized carbons (Fsp3) is 0.647. The summed E-state index contributed by atoms with van der Waals surface area (Å²) in [6.07, 6.45) is 2.59. The smallest absolute Gasteiger partial charge is 0.0772 e. The van der Waals surface area contributed by atoms with Crippen molar-refractivity contribution in [3.05, 3.63) is 28.8 Å². The Balaban J connectivity index is 2.03. The van der Waals surface area contributed by atoms with Gasteiger partial charge in [-0.1, -0.05) is 31.5 Å². The Hall–Kier alpha value is -0.770. The molecule has 0 radical (unpaired) electrons. The van der Waals surface area contributed by atoms with Gasteiger partial charge in [-0.15, -0.1) is 0 Å². The van der Waals surface area contributed by atoms with E-state index in [1.807, 2.05) is 0 Å². The molecular weight excluding hydrogens is 284 g/mol. The third kappa shape index (κ3) is 4.35. The summed E-state index contributed by atoms with van der Waals surface area (Å²) in [6, 6.07) is 6.40. The molecule has 0 bridgehead atoms. The summed E-state index contributed by atoms with van der Waals surface area (Å²) in [6.45, 7) is 8.33. The predicted molar refractivity (Wildman–Crippen MR) is 90.2 cm³/mol. The van der Waals surface area contributed by atoms with Crippen LogP contribution >= 0.6 is 11.6 Å². The van der Waals surface area contributed by atoms with Gasteiger partial charge in [-0.25, -0.2) is 0 Å². The van der Waals surface area contributed by atoms with Gasteiger partial charge >= 0.3 is 0 Å². The highest BCUT2D eigenvalue weighted by atomic mass is 35.5. The monoisotopic (exact) mass is 310 g/mol. The fourth-order valence-corrected chi connectivity index (χ4v) is 3.21. The average molecular weight is 311 g/mol. The molecule has 21 heavy (non-hydrogen) atoms. The lowest BCUT2D eigenvalue weighted by molar-refractivity contribution is 0.0498. The van der Waals surface area contributed by atoms with Gasteiger partial charge in [0.2, 0.25) is 0 Å². The SMILES string of the molecule is CCCNCc1ccc(N2CCC(C)C(OC)C2)c(Cl)c1. The molecule has 1 heterocycles. The second kappa shape index (κ2) is 8.02. The zero-order chi connectivity index (χ0) is 15.2. The number of nitrogens with zero attached hydrogens (tertiary/aromatic N) is 1. The molecule has 1 fully saturated rings. The standard InChI is InChI=1S/C17H27ClN2O/c1-4-8-19-11-14-5-6-16(15(18)10-14)20-9-7-13(2)17(12-20)21-3/h5-6,10,13,17,19H,4,7-9,11-12H2,1-3H3. The van der Waals surface area contributed by atoms with Crippen LogP contribution in [0.1, 0.15) is 32.3 Å². The van der Waals surface area contributed by atoms with E-state index in [1.54, 1.807) is 7.11 Å². The van der Waals surface area contributed by atoms with Crippen LogP contribution in [0, 0.1) is 5.92 Å². The van der Waals surface area contributed by atoms with Crippen molar-refractivity contribution in [3.63, 3.8) is 0 Å². The minimum absolute atomic E-state index is 0.292. The molecule has 2 unspecified atom stereocenters. The van der Waals surface area contributed by atoms with E-state index in [0.717, 1.165) is 49.7 Å². The topological polar surface area (TPSA) is 24.5 Å². The number of halogens is 1. The number of nitrogens with one attached hydrogen (secondary N) is 1. The van der Waals surface area contributed by atoms with Crippen molar-refractivity contribution in [1.29, 1.82) is 0 Å². The van der Waals surface area contributed by atoms with Crippen LogP contribution in [0.15, 0.2) is 18.2 Å². The third-order valence-electron chi connectivity index (χ3n) is 4.30. The van der Waals surface area contributed by atoms with Crippen LogP contribution in [0.2, 0.25) is 5.02 Å². The number of benzene rings is 1. The van der Waals surface area contributed by atoms with E-state index in [4.69, 9.17) is 16.3 Å². The van der Waals surface area contributed by atoms with Crippen LogP contribution in [-0.2, 0) is 11.3 Å². The van der Waals surface area contributed by atoms with E-state index >= 15 is 0 Å². The Morgan fingerprint density at radius 1 is 1.43 bits per heavy atom. The Morgan fingerprint density at radius 2 is 2.24 bits per heavy atom. The van der Waals surface area contributed by atoms with E-state index < -0.39 is 0 Å². The zero-order valence-corrected chi connectivity index (χ0v) is 14.1. The summed E-state index contributed by atoms with van der Waals surface area (Å²) in [5.41, 5.74) is 2.37. The van der Waals surface area contributed by atoms with Crippen molar-refractivity contribution in [3.8, 4) is 0 Å². The molecule has 0 aromatic heterocycles. The average Bonchev–Trinajstić information content (AvgIpc) is 2.48. The molecule has 0 spiro atoms. The van der Waals surface area contributed by atoms with E-state index in [-0.39, 0.29) is 0 Å². The molecule has 1 aliphatic heterocycles. The van der Waals surface area contributed by atoms with E-state index in [9.17, 15) is 0 Å². The predicted octanol–water partition coefficient (Wildman–Crippen LogP) is 3.70. The maximum atomic E-state index is 6.49. The largest absolute Gasteiger partial charge is 0.379 e. The molecule has 4 heteroatoms. The van der Waals surface area contributed by atoms with Gasteiger partial charge in [0.1, 0.15) is 0 Å². The summed E-state index contributed by atoms with van der Waals surface area (Å²) in [5, 5.41) is 4.25. The first-order valence-corrected chi connectivity index (χ1v) is 8.30. The Morgan fingerprint density at radius 3 is 2.90 bits per heavy atom. The molecule has 1 aromatic carbocycles. The van der Waals surface area contributed by atoms with E-state index in [0.29, 0.717) is 12.0 Å². The van der Waals surface area contributed by atoms with E-state index in [1.165, 1.54) is 5.56 Å². The highest BCUT2D eigenvalue weighted by Crippen LogP contribution is 2.31. The number of ether oxygens (including phenoxy) is 1. The van der Waals surface area contributed by atoms with Crippen LogP contribution in [0.5, 0.6) is 0 Å². The van der Waals surface area contributed by atoms with Crippen LogP contribution < -0.4 is 10.2 Å². The van der Waals surface area contributed by atoms with Crippen LogP contribution in [0.25, 0.3) is 0 Å². The molecule has 1 N–H and O–H groups in total. The van der Waals surface area contributed by atoms with Crippen molar-refractivity contribution >= 4 is 17.3 Å². The van der Waals surface area contributed by atoms with Crippen molar-refractivity contribution in [1.82, 2.24) is 5.32 Å². The molecule has 0 saturated carbocycles.